The van der Waals surface area contributed by atoms with Gasteiger partial charge >= 0.3 is 6.55 Å². The molecule has 9 heteroatoms. The molecule has 28 heavy (non-hydrogen) atoms. The number of aromatic nitrogens is 4. The molecule has 0 spiro atoms. The van der Waals surface area contributed by atoms with Crippen LogP contribution in [0.3, 0.4) is 0 Å². The molecule has 1 atom stereocenters. The molecule has 0 saturated heterocycles. The minimum Gasteiger partial charge on any atom is -0.497 e. The zero-order valence-electron chi connectivity index (χ0n) is 15.4. The second-order valence-corrected chi connectivity index (χ2v) is 6.67. The average molecular weight is 387 g/mol. The van der Waals surface area contributed by atoms with Crippen LogP contribution in [-0.4, -0.2) is 44.2 Å². The third-order valence-electron chi connectivity index (χ3n) is 4.94. The van der Waals surface area contributed by atoms with Gasteiger partial charge in [0.25, 0.3) is 5.91 Å². The predicted molar refractivity (Wildman–Crippen MR) is 96.4 cm³/mol. The summed E-state index contributed by atoms with van der Waals surface area (Å²) in [5.41, 5.74) is 2.88. The van der Waals surface area contributed by atoms with Crippen molar-refractivity contribution < 1.29 is 18.3 Å². The van der Waals surface area contributed by atoms with Crippen LogP contribution in [-0.2, 0) is 6.54 Å². The number of nitrogens with zero attached hydrogens (tertiary/aromatic N) is 4. The normalized spacial score (nSPS) is 16.3. The number of hydrogen-bond donors (Lipinski definition) is 1. The topological polar surface area (TPSA) is 76.0 Å². The number of carbonyl (C=O) groups is 1. The van der Waals surface area contributed by atoms with Gasteiger partial charge in [-0.05, 0) is 30.7 Å². The van der Waals surface area contributed by atoms with E-state index in [9.17, 15) is 13.6 Å². The standard InChI is InChI=1S/C19H19F2N5O2/c1-11-6-15(24-26(11)19(20)21)18(27)25-8-14(17-16(9-25)22-10-23-17)12-4-3-5-13(7-12)28-2/h3-7,10,14,19H,8-9H2,1-2H3,(H,22,23). The van der Waals surface area contributed by atoms with Gasteiger partial charge in [0.2, 0.25) is 0 Å². The number of aromatic amines is 1. The summed E-state index contributed by atoms with van der Waals surface area (Å²) in [7, 11) is 1.59. The first-order valence-corrected chi connectivity index (χ1v) is 8.77. The fourth-order valence-corrected chi connectivity index (χ4v) is 3.55. The maximum atomic E-state index is 13.0. The van der Waals surface area contributed by atoms with Gasteiger partial charge in [0.05, 0.1) is 31.4 Å². The molecule has 0 aliphatic carbocycles. The van der Waals surface area contributed by atoms with Gasteiger partial charge < -0.3 is 14.6 Å². The van der Waals surface area contributed by atoms with Crippen molar-refractivity contribution in [2.45, 2.75) is 25.9 Å². The minimum absolute atomic E-state index is 0.00478. The molecule has 1 unspecified atom stereocenters. The van der Waals surface area contributed by atoms with Crippen molar-refractivity contribution >= 4 is 5.91 Å². The van der Waals surface area contributed by atoms with E-state index in [-0.39, 0.29) is 17.3 Å². The number of H-pyrrole nitrogens is 1. The molecule has 146 valence electrons. The number of fused-ring (bicyclic) bond motifs is 1. The fraction of sp³-hybridized carbons (Fsp3) is 0.316. The number of halogens is 2. The van der Waals surface area contributed by atoms with Crippen LogP contribution in [0.1, 0.15) is 45.6 Å². The monoisotopic (exact) mass is 387 g/mol. The summed E-state index contributed by atoms with van der Waals surface area (Å²) < 4.78 is 31.9. The molecule has 1 amide bonds. The van der Waals surface area contributed by atoms with Crippen LogP contribution in [0.2, 0.25) is 0 Å². The van der Waals surface area contributed by atoms with Crippen LogP contribution in [0.25, 0.3) is 0 Å². The van der Waals surface area contributed by atoms with Crippen molar-refractivity contribution in [3.63, 3.8) is 0 Å². The van der Waals surface area contributed by atoms with E-state index >= 15 is 0 Å². The molecule has 3 aromatic rings. The van der Waals surface area contributed by atoms with Crippen LogP contribution in [0.15, 0.2) is 36.7 Å². The number of hydrogen-bond acceptors (Lipinski definition) is 4. The minimum atomic E-state index is -2.79. The quantitative estimate of drug-likeness (QED) is 0.746. The highest BCUT2D eigenvalue weighted by atomic mass is 19.3. The average Bonchev–Trinajstić information content (AvgIpc) is 3.33. The Morgan fingerprint density at radius 2 is 2.18 bits per heavy atom. The van der Waals surface area contributed by atoms with Gasteiger partial charge in [-0.1, -0.05) is 12.1 Å². The second kappa shape index (κ2) is 7.06. The van der Waals surface area contributed by atoms with Crippen molar-refractivity contribution in [2.75, 3.05) is 13.7 Å². The molecule has 1 aliphatic heterocycles. The number of carbonyl (C=O) groups excluding carboxylic acids is 1. The first-order chi connectivity index (χ1) is 13.5. The molecule has 1 aromatic carbocycles. The molecule has 0 fully saturated rings. The summed E-state index contributed by atoms with van der Waals surface area (Å²) in [4.78, 5) is 22.1. The number of amides is 1. The van der Waals surface area contributed by atoms with E-state index in [1.54, 1.807) is 18.3 Å². The SMILES string of the molecule is COc1cccc(C2CN(C(=O)c3cc(C)n(C(F)F)n3)Cc3[nH]cnc32)c1. The lowest BCUT2D eigenvalue weighted by Crippen LogP contribution is -2.39. The van der Waals surface area contributed by atoms with E-state index in [0.717, 1.165) is 17.0 Å². The highest BCUT2D eigenvalue weighted by Gasteiger charge is 2.33. The Bertz CT molecular complexity index is 1010. The number of nitrogens with one attached hydrogen (secondary N) is 1. The van der Waals surface area contributed by atoms with Crippen molar-refractivity contribution in [1.82, 2.24) is 24.6 Å². The third-order valence-corrected chi connectivity index (χ3v) is 4.94. The number of imidazole rings is 1. The van der Waals surface area contributed by atoms with E-state index in [1.165, 1.54) is 13.0 Å². The van der Waals surface area contributed by atoms with Crippen molar-refractivity contribution in [3.05, 3.63) is 65.0 Å². The Balaban J connectivity index is 1.67. The summed E-state index contributed by atoms with van der Waals surface area (Å²) in [5.74, 6) is 0.160. The number of benzene rings is 1. The predicted octanol–water partition coefficient (Wildman–Crippen LogP) is 3.11. The summed E-state index contributed by atoms with van der Waals surface area (Å²) in [6.45, 7) is -0.607. The van der Waals surface area contributed by atoms with Gasteiger partial charge in [-0.25, -0.2) is 9.67 Å². The zero-order valence-corrected chi connectivity index (χ0v) is 15.4. The van der Waals surface area contributed by atoms with Crippen molar-refractivity contribution in [3.8, 4) is 5.75 Å². The maximum absolute atomic E-state index is 13.0. The molecule has 1 N–H and O–H groups in total. The molecule has 1 aliphatic rings. The maximum Gasteiger partial charge on any atom is 0.333 e. The van der Waals surface area contributed by atoms with Crippen molar-refractivity contribution in [1.29, 1.82) is 0 Å². The van der Waals surface area contributed by atoms with E-state index in [1.807, 2.05) is 24.3 Å². The lowest BCUT2D eigenvalue weighted by atomic mass is 9.90. The summed E-state index contributed by atoms with van der Waals surface area (Å²) in [6.07, 6.45) is 1.60. The van der Waals surface area contributed by atoms with Crippen LogP contribution >= 0.6 is 0 Å². The third kappa shape index (κ3) is 3.12. The number of alkyl halides is 2. The van der Waals surface area contributed by atoms with Gasteiger partial charge in [-0.3, -0.25) is 4.79 Å². The van der Waals surface area contributed by atoms with Gasteiger partial charge in [0, 0.05) is 18.2 Å². The molecule has 4 rings (SSSR count). The fourth-order valence-electron chi connectivity index (χ4n) is 3.55. The molecule has 0 bridgehead atoms. The summed E-state index contributed by atoms with van der Waals surface area (Å²) in [6, 6.07) is 8.98. The van der Waals surface area contributed by atoms with Crippen LogP contribution < -0.4 is 4.74 Å². The zero-order chi connectivity index (χ0) is 19.8. The molecule has 3 heterocycles. The van der Waals surface area contributed by atoms with Gasteiger partial charge in [0.1, 0.15) is 5.75 Å². The second-order valence-electron chi connectivity index (χ2n) is 6.67. The first kappa shape index (κ1) is 18.1. The molecular weight excluding hydrogens is 368 g/mol. The first-order valence-electron chi connectivity index (χ1n) is 8.77. The van der Waals surface area contributed by atoms with Crippen LogP contribution in [0.5, 0.6) is 5.75 Å². The Labute approximate surface area is 159 Å². The summed E-state index contributed by atoms with van der Waals surface area (Å²) in [5, 5.41) is 3.78. The number of ether oxygens (including phenoxy) is 1. The van der Waals surface area contributed by atoms with E-state index in [2.05, 4.69) is 15.1 Å². The summed E-state index contributed by atoms with van der Waals surface area (Å²) >= 11 is 0. The highest BCUT2D eigenvalue weighted by Crippen LogP contribution is 2.33. The van der Waals surface area contributed by atoms with E-state index in [4.69, 9.17) is 4.74 Å². The Morgan fingerprint density at radius 1 is 1.36 bits per heavy atom. The number of methoxy groups -OCH3 is 1. The van der Waals surface area contributed by atoms with E-state index < -0.39 is 12.5 Å². The van der Waals surface area contributed by atoms with Crippen LogP contribution in [0.4, 0.5) is 8.78 Å². The van der Waals surface area contributed by atoms with E-state index in [0.29, 0.717) is 23.5 Å². The smallest absolute Gasteiger partial charge is 0.333 e. The lowest BCUT2D eigenvalue weighted by molar-refractivity contribution is 0.0529. The molecule has 0 radical (unpaired) electrons. The molecule has 0 saturated carbocycles. The number of aryl methyl sites for hydroxylation is 1. The highest BCUT2D eigenvalue weighted by molar-refractivity contribution is 5.92. The largest absolute Gasteiger partial charge is 0.497 e. The van der Waals surface area contributed by atoms with Crippen molar-refractivity contribution in [2.24, 2.45) is 0 Å². The lowest BCUT2D eigenvalue weighted by Gasteiger charge is -2.32. The van der Waals surface area contributed by atoms with Crippen LogP contribution in [0, 0.1) is 6.92 Å². The molecule has 7 nitrogen and oxygen atoms in total. The Kier molecular flexibility index (Phi) is 4.58. The Morgan fingerprint density at radius 3 is 2.89 bits per heavy atom. The molecular formula is C19H19F2N5O2. The number of rotatable bonds is 4. The Hall–Kier alpha value is -3.23. The van der Waals surface area contributed by atoms with Gasteiger partial charge in [0.15, 0.2) is 5.69 Å². The molecule has 2 aromatic heterocycles. The van der Waals surface area contributed by atoms with Gasteiger partial charge in [-0.15, -0.1) is 0 Å². The van der Waals surface area contributed by atoms with Gasteiger partial charge in [-0.2, -0.15) is 13.9 Å².